The Morgan fingerprint density at radius 3 is 2.65 bits per heavy atom. The summed E-state index contributed by atoms with van der Waals surface area (Å²) >= 11 is 1.42. The molecule has 3 amide bonds. The van der Waals surface area contributed by atoms with Crippen LogP contribution in [0.1, 0.15) is 38.3 Å². The smallest absolute Gasteiger partial charge is 0.323 e. The number of halogens is 1. The van der Waals surface area contributed by atoms with Crippen LogP contribution in [0.2, 0.25) is 0 Å². The van der Waals surface area contributed by atoms with Gasteiger partial charge >= 0.3 is 6.03 Å². The molecule has 0 bridgehead atoms. The van der Waals surface area contributed by atoms with Gasteiger partial charge in [-0.3, -0.25) is 9.69 Å². The molecule has 2 aliphatic rings. The molecule has 5 nitrogen and oxygen atoms in total. The number of hydrogen-bond donors (Lipinski definition) is 1. The number of nitrogens with one attached hydrogen (secondary N) is 1. The molecule has 1 N–H and O–H groups in total. The molecule has 0 radical (unpaired) electrons. The molecule has 7 heteroatoms. The molecule has 4 rings (SSSR count). The standard InChI is InChI=1S/C19H20FN3O2S/c1-12-6-8-19(9-7-12)17(24)23(18(25)22-19)10-15-11-26-16(21-15)13-2-4-14(20)5-3-13/h2-5,11-12H,6-10H2,1H3,(H,22,25). The summed E-state index contributed by atoms with van der Waals surface area (Å²) in [6, 6.07) is 5.79. The van der Waals surface area contributed by atoms with Crippen LogP contribution in [0.3, 0.4) is 0 Å². The van der Waals surface area contributed by atoms with E-state index in [1.54, 1.807) is 12.1 Å². The number of imide groups is 1. The van der Waals surface area contributed by atoms with Gasteiger partial charge in [0, 0.05) is 10.9 Å². The van der Waals surface area contributed by atoms with Crippen LogP contribution < -0.4 is 5.32 Å². The number of amides is 3. The van der Waals surface area contributed by atoms with Crippen LogP contribution in [-0.2, 0) is 11.3 Å². The molecule has 1 aromatic heterocycles. The van der Waals surface area contributed by atoms with Crippen LogP contribution in [-0.4, -0.2) is 27.4 Å². The van der Waals surface area contributed by atoms with Gasteiger partial charge < -0.3 is 5.32 Å². The highest BCUT2D eigenvalue weighted by molar-refractivity contribution is 7.13. The molecule has 1 aliphatic carbocycles. The molecule has 0 atom stereocenters. The monoisotopic (exact) mass is 373 g/mol. The maximum absolute atomic E-state index is 13.1. The first kappa shape index (κ1) is 17.1. The van der Waals surface area contributed by atoms with Crippen molar-refractivity contribution in [1.82, 2.24) is 15.2 Å². The highest BCUT2D eigenvalue weighted by Crippen LogP contribution is 2.37. The molecule has 26 heavy (non-hydrogen) atoms. The van der Waals surface area contributed by atoms with Crippen molar-refractivity contribution in [2.45, 2.75) is 44.7 Å². The van der Waals surface area contributed by atoms with E-state index in [2.05, 4.69) is 17.2 Å². The fourth-order valence-electron chi connectivity index (χ4n) is 3.68. The first-order valence-corrected chi connectivity index (χ1v) is 9.69. The first-order chi connectivity index (χ1) is 12.5. The Labute approximate surface area is 155 Å². The molecular weight excluding hydrogens is 353 g/mol. The quantitative estimate of drug-likeness (QED) is 0.829. The number of thiazole rings is 1. The van der Waals surface area contributed by atoms with Gasteiger partial charge in [-0.2, -0.15) is 0 Å². The van der Waals surface area contributed by atoms with Crippen LogP contribution in [0.4, 0.5) is 9.18 Å². The fraction of sp³-hybridized carbons (Fsp3) is 0.421. The summed E-state index contributed by atoms with van der Waals surface area (Å²) < 4.78 is 13.1. The summed E-state index contributed by atoms with van der Waals surface area (Å²) in [6.07, 6.45) is 3.30. The number of nitrogens with zero attached hydrogens (tertiary/aromatic N) is 2. The van der Waals surface area contributed by atoms with Crippen molar-refractivity contribution >= 4 is 23.3 Å². The highest BCUT2D eigenvalue weighted by atomic mass is 32.1. The number of benzene rings is 1. The van der Waals surface area contributed by atoms with E-state index in [1.807, 2.05) is 5.38 Å². The molecule has 0 unspecified atom stereocenters. The summed E-state index contributed by atoms with van der Waals surface area (Å²) in [7, 11) is 0. The van der Waals surface area contributed by atoms with E-state index < -0.39 is 5.54 Å². The molecule has 2 aromatic rings. The second-order valence-corrected chi connectivity index (χ2v) is 8.10. The van der Waals surface area contributed by atoms with E-state index in [1.165, 1.54) is 28.4 Å². The largest absolute Gasteiger partial charge is 0.325 e. The Morgan fingerprint density at radius 1 is 1.27 bits per heavy atom. The van der Waals surface area contributed by atoms with Crippen molar-refractivity contribution in [3.05, 3.63) is 41.2 Å². The van der Waals surface area contributed by atoms with Gasteiger partial charge in [-0.05, 0) is 55.9 Å². The minimum Gasteiger partial charge on any atom is -0.323 e. The SMILES string of the molecule is CC1CCC2(CC1)NC(=O)N(Cc1csc(-c3ccc(F)cc3)n1)C2=O. The van der Waals surface area contributed by atoms with E-state index in [0.717, 1.165) is 23.4 Å². The zero-order chi connectivity index (χ0) is 18.3. The Balaban J connectivity index is 1.50. The van der Waals surface area contributed by atoms with Crippen molar-refractivity contribution in [1.29, 1.82) is 0 Å². The number of rotatable bonds is 3. The lowest BCUT2D eigenvalue weighted by Gasteiger charge is -2.33. The molecular formula is C19H20FN3O2S. The minimum absolute atomic E-state index is 0.134. The van der Waals surface area contributed by atoms with Crippen LogP contribution in [0.15, 0.2) is 29.6 Å². The summed E-state index contributed by atoms with van der Waals surface area (Å²) in [4.78, 5) is 31.1. The first-order valence-electron chi connectivity index (χ1n) is 8.81. The van der Waals surface area contributed by atoms with Crippen LogP contribution in [0.25, 0.3) is 10.6 Å². The Kier molecular flexibility index (Phi) is 4.26. The Bertz CT molecular complexity index is 841. The predicted molar refractivity (Wildman–Crippen MR) is 97.0 cm³/mol. The topological polar surface area (TPSA) is 62.3 Å². The summed E-state index contributed by atoms with van der Waals surface area (Å²) in [5.74, 6) is 0.166. The third kappa shape index (κ3) is 3.00. The lowest BCUT2D eigenvalue weighted by molar-refractivity contribution is -0.133. The zero-order valence-electron chi connectivity index (χ0n) is 14.5. The summed E-state index contributed by atoms with van der Waals surface area (Å²) in [6.45, 7) is 2.35. The Morgan fingerprint density at radius 2 is 1.96 bits per heavy atom. The van der Waals surface area contributed by atoms with Gasteiger partial charge in [0.25, 0.3) is 5.91 Å². The summed E-state index contributed by atoms with van der Waals surface area (Å²) in [5, 5.41) is 5.51. The van der Waals surface area contributed by atoms with Crippen LogP contribution in [0, 0.1) is 11.7 Å². The average Bonchev–Trinajstić information content (AvgIpc) is 3.18. The van der Waals surface area contributed by atoms with Gasteiger partial charge in [0.15, 0.2) is 0 Å². The number of carbonyl (C=O) groups excluding carboxylic acids is 2. The maximum Gasteiger partial charge on any atom is 0.325 e. The molecule has 1 saturated carbocycles. The third-order valence-corrected chi connectivity index (χ3v) is 6.28. The highest BCUT2D eigenvalue weighted by Gasteiger charge is 2.52. The van der Waals surface area contributed by atoms with Crippen molar-refractivity contribution < 1.29 is 14.0 Å². The van der Waals surface area contributed by atoms with Crippen LogP contribution >= 0.6 is 11.3 Å². The molecule has 1 aromatic carbocycles. The molecule has 136 valence electrons. The number of aromatic nitrogens is 1. The van der Waals surface area contributed by atoms with Gasteiger partial charge in [-0.25, -0.2) is 14.2 Å². The minimum atomic E-state index is -0.723. The average molecular weight is 373 g/mol. The third-order valence-electron chi connectivity index (χ3n) is 5.34. The zero-order valence-corrected chi connectivity index (χ0v) is 15.3. The number of urea groups is 1. The summed E-state index contributed by atoms with van der Waals surface area (Å²) in [5.41, 5.74) is 0.760. The molecule has 2 fully saturated rings. The number of hydrogen-bond acceptors (Lipinski definition) is 4. The molecule has 2 heterocycles. The van der Waals surface area contributed by atoms with Crippen LogP contribution in [0.5, 0.6) is 0 Å². The molecule has 1 saturated heterocycles. The molecule has 1 spiro atoms. The van der Waals surface area contributed by atoms with E-state index in [-0.39, 0.29) is 24.3 Å². The second kappa shape index (κ2) is 6.46. The van der Waals surface area contributed by atoms with Crippen molar-refractivity contribution in [3.63, 3.8) is 0 Å². The van der Waals surface area contributed by atoms with Gasteiger partial charge in [0.05, 0.1) is 12.2 Å². The predicted octanol–water partition coefficient (Wildman–Crippen LogP) is 3.95. The normalized spacial score (nSPS) is 25.8. The van der Waals surface area contributed by atoms with Crippen molar-refractivity contribution in [2.24, 2.45) is 5.92 Å². The maximum atomic E-state index is 13.1. The Hall–Kier alpha value is -2.28. The van der Waals surface area contributed by atoms with E-state index in [9.17, 15) is 14.0 Å². The molecule has 1 aliphatic heterocycles. The van der Waals surface area contributed by atoms with Gasteiger partial charge in [-0.1, -0.05) is 6.92 Å². The van der Waals surface area contributed by atoms with Crippen molar-refractivity contribution in [2.75, 3.05) is 0 Å². The van der Waals surface area contributed by atoms with E-state index in [4.69, 9.17) is 0 Å². The lowest BCUT2D eigenvalue weighted by Crippen LogP contribution is -2.49. The lowest BCUT2D eigenvalue weighted by atomic mass is 9.77. The van der Waals surface area contributed by atoms with Gasteiger partial charge in [-0.15, -0.1) is 11.3 Å². The van der Waals surface area contributed by atoms with Crippen molar-refractivity contribution in [3.8, 4) is 10.6 Å². The second-order valence-electron chi connectivity index (χ2n) is 7.24. The van der Waals surface area contributed by atoms with Gasteiger partial charge in [0.1, 0.15) is 16.4 Å². The van der Waals surface area contributed by atoms with Gasteiger partial charge in [0.2, 0.25) is 0 Å². The van der Waals surface area contributed by atoms with E-state index >= 15 is 0 Å². The number of carbonyl (C=O) groups is 2. The van der Waals surface area contributed by atoms with E-state index in [0.29, 0.717) is 24.5 Å². The fourth-order valence-corrected chi connectivity index (χ4v) is 4.50.